The summed E-state index contributed by atoms with van der Waals surface area (Å²) in [6, 6.07) is 0. The van der Waals surface area contributed by atoms with E-state index in [1.165, 1.54) is 58.0 Å². The van der Waals surface area contributed by atoms with Gasteiger partial charge >= 0.3 is 0 Å². The second kappa shape index (κ2) is 7.29. The number of hydrogen-bond acceptors (Lipinski definition) is 2. The zero-order chi connectivity index (χ0) is 11.9. The minimum atomic E-state index is 0.445. The van der Waals surface area contributed by atoms with E-state index < -0.39 is 0 Å². The van der Waals surface area contributed by atoms with Crippen molar-refractivity contribution in [3.05, 3.63) is 0 Å². The molecule has 1 atom stereocenters. The molecule has 0 spiro atoms. The topological polar surface area (TPSA) is 24.1 Å². The Morgan fingerprint density at radius 2 is 1.88 bits per heavy atom. The number of rotatable bonds is 7. The van der Waals surface area contributed by atoms with E-state index in [1.807, 2.05) is 0 Å². The lowest BCUT2D eigenvalue weighted by Gasteiger charge is -2.37. The molecule has 2 heteroatoms. The molecule has 1 aliphatic carbocycles. The van der Waals surface area contributed by atoms with Crippen LogP contribution in [0, 0.1) is 5.92 Å². The smallest absolute Gasteiger partial charge is 0.0190 e. The van der Waals surface area contributed by atoms with Gasteiger partial charge in [0.2, 0.25) is 0 Å². The second-order valence-corrected chi connectivity index (χ2v) is 5.56. The first-order chi connectivity index (χ1) is 7.72. The van der Waals surface area contributed by atoms with Crippen molar-refractivity contribution in [1.82, 2.24) is 10.6 Å². The molecule has 0 aliphatic heterocycles. The molecule has 0 aromatic rings. The van der Waals surface area contributed by atoms with Crippen LogP contribution in [-0.4, -0.2) is 25.7 Å². The summed E-state index contributed by atoms with van der Waals surface area (Å²) < 4.78 is 0. The first kappa shape index (κ1) is 14.0. The summed E-state index contributed by atoms with van der Waals surface area (Å²) in [4.78, 5) is 0. The summed E-state index contributed by atoms with van der Waals surface area (Å²) in [7, 11) is 2.14. The largest absolute Gasteiger partial charge is 0.316 e. The van der Waals surface area contributed by atoms with E-state index in [2.05, 4.69) is 31.5 Å². The van der Waals surface area contributed by atoms with Crippen LogP contribution in [0.5, 0.6) is 0 Å². The Labute approximate surface area is 102 Å². The van der Waals surface area contributed by atoms with Crippen molar-refractivity contribution in [1.29, 1.82) is 0 Å². The first-order valence-corrected chi connectivity index (χ1v) is 7.12. The average molecular weight is 226 g/mol. The summed E-state index contributed by atoms with van der Waals surface area (Å²) >= 11 is 0. The van der Waals surface area contributed by atoms with Gasteiger partial charge in [0.1, 0.15) is 0 Å². The highest BCUT2D eigenvalue weighted by molar-refractivity contribution is 4.90. The molecule has 1 fully saturated rings. The molecule has 0 bridgehead atoms. The van der Waals surface area contributed by atoms with Crippen molar-refractivity contribution in [3.8, 4) is 0 Å². The molecule has 0 heterocycles. The zero-order valence-corrected chi connectivity index (χ0v) is 11.4. The fourth-order valence-electron chi connectivity index (χ4n) is 2.67. The van der Waals surface area contributed by atoms with Crippen LogP contribution < -0.4 is 10.6 Å². The molecule has 96 valence electrons. The molecule has 1 saturated carbocycles. The molecule has 2 nitrogen and oxygen atoms in total. The van der Waals surface area contributed by atoms with Crippen LogP contribution in [0.25, 0.3) is 0 Å². The van der Waals surface area contributed by atoms with Crippen LogP contribution in [0.1, 0.15) is 58.8 Å². The van der Waals surface area contributed by atoms with Gasteiger partial charge in [-0.1, -0.05) is 39.5 Å². The highest BCUT2D eigenvalue weighted by Gasteiger charge is 2.29. The lowest BCUT2D eigenvalue weighted by Crippen LogP contribution is -2.46. The van der Waals surface area contributed by atoms with Crippen LogP contribution in [0.15, 0.2) is 0 Å². The van der Waals surface area contributed by atoms with E-state index in [9.17, 15) is 0 Å². The molecule has 0 aromatic carbocycles. The Morgan fingerprint density at radius 3 is 2.44 bits per heavy atom. The van der Waals surface area contributed by atoms with Gasteiger partial charge in [0.15, 0.2) is 0 Å². The maximum atomic E-state index is 3.60. The molecule has 2 N–H and O–H groups in total. The van der Waals surface area contributed by atoms with Crippen molar-refractivity contribution in [3.63, 3.8) is 0 Å². The standard InChI is InChI=1S/C14H30N2/c1-4-13(2)12-16-11-10-14(15-3)8-6-5-7-9-14/h13,15-16H,4-12H2,1-3H3. The van der Waals surface area contributed by atoms with Gasteiger partial charge < -0.3 is 10.6 Å². The molecule has 16 heavy (non-hydrogen) atoms. The highest BCUT2D eigenvalue weighted by atomic mass is 15.0. The summed E-state index contributed by atoms with van der Waals surface area (Å²) in [5, 5.41) is 7.18. The third kappa shape index (κ3) is 4.42. The number of hydrogen-bond donors (Lipinski definition) is 2. The molecular weight excluding hydrogens is 196 g/mol. The van der Waals surface area contributed by atoms with Gasteiger partial charge in [-0.05, 0) is 45.3 Å². The van der Waals surface area contributed by atoms with Crippen molar-refractivity contribution in [2.45, 2.75) is 64.3 Å². The van der Waals surface area contributed by atoms with E-state index >= 15 is 0 Å². The minimum Gasteiger partial charge on any atom is -0.316 e. The van der Waals surface area contributed by atoms with E-state index in [1.54, 1.807) is 0 Å². The predicted octanol–water partition coefficient (Wildman–Crippen LogP) is 2.93. The van der Waals surface area contributed by atoms with Gasteiger partial charge in [0, 0.05) is 5.54 Å². The minimum absolute atomic E-state index is 0.445. The molecule has 1 rings (SSSR count). The number of nitrogens with one attached hydrogen (secondary N) is 2. The van der Waals surface area contributed by atoms with E-state index in [4.69, 9.17) is 0 Å². The fraction of sp³-hybridized carbons (Fsp3) is 1.00. The van der Waals surface area contributed by atoms with Gasteiger partial charge in [-0.2, -0.15) is 0 Å². The normalized spacial score (nSPS) is 21.9. The maximum Gasteiger partial charge on any atom is 0.0190 e. The van der Waals surface area contributed by atoms with Crippen LogP contribution in [0.2, 0.25) is 0 Å². The maximum absolute atomic E-state index is 3.60. The molecule has 1 aliphatic rings. The monoisotopic (exact) mass is 226 g/mol. The Balaban J connectivity index is 2.18. The van der Waals surface area contributed by atoms with Crippen LogP contribution in [0.4, 0.5) is 0 Å². The van der Waals surface area contributed by atoms with Crippen molar-refractivity contribution >= 4 is 0 Å². The van der Waals surface area contributed by atoms with Gasteiger partial charge in [-0.3, -0.25) is 0 Å². The quantitative estimate of drug-likeness (QED) is 0.652. The SMILES string of the molecule is CCC(C)CNCCC1(NC)CCCCC1. The Morgan fingerprint density at radius 1 is 1.19 bits per heavy atom. The molecular formula is C14H30N2. The van der Waals surface area contributed by atoms with Crippen LogP contribution in [0.3, 0.4) is 0 Å². The fourth-order valence-corrected chi connectivity index (χ4v) is 2.67. The first-order valence-electron chi connectivity index (χ1n) is 7.12. The van der Waals surface area contributed by atoms with Gasteiger partial charge in [-0.15, -0.1) is 0 Å². The summed E-state index contributed by atoms with van der Waals surface area (Å²) in [6.45, 7) is 6.94. The summed E-state index contributed by atoms with van der Waals surface area (Å²) in [6.07, 6.45) is 9.56. The zero-order valence-electron chi connectivity index (χ0n) is 11.4. The van der Waals surface area contributed by atoms with Gasteiger partial charge in [0.05, 0.1) is 0 Å². The van der Waals surface area contributed by atoms with E-state index in [-0.39, 0.29) is 0 Å². The van der Waals surface area contributed by atoms with Crippen LogP contribution >= 0.6 is 0 Å². The van der Waals surface area contributed by atoms with Gasteiger partial charge in [-0.25, -0.2) is 0 Å². The Hall–Kier alpha value is -0.0800. The second-order valence-electron chi connectivity index (χ2n) is 5.56. The Bertz CT molecular complexity index is 174. The molecule has 0 saturated heterocycles. The lowest BCUT2D eigenvalue weighted by atomic mass is 9.79. The molecule has 0 aromatic heterocycles. The van der Waals surface area contributed by atoms with Crippen LogP contribution in [-0.2, 0) is 0 Å². The van der Waals surface area contributed by atoms with Crippen molar-refractivity contribution in [2.24, 2.45) is 5.92 Å². The Kier molecular flexibility index (Phi) is 6.37. The summed E-state index contributed by atoms with van der Waals surface area (Å²) in [5.41, 5.74) is 0.445. The third-order valence-electron chi connectivity index (χ3n) is 4.31. The third-order valence-corrected chi connectivity index (χ3v) is 4.31. The van der Waals surface area contributed by atoms with E-state index in [0.717, 1.165) is 5.92 Å². The lowest BCUT2D eigenvalue weighted by molar-refractivity contribution is 0.227. The predicted molar refractivity (Wildman–Crippen MR) is 71.8 cm³/mol. The van der Waals surface area contributed by atoms with E-state index in [0.29, 0.717) is 5.54 Å². The molecule has 1 unspecified atom stereocenters. The van der Waals surface area contributed by atoms with Crippen molar-refractivity contribution < 1.29 is 0 Å². The summed E-state index contributed by atoms with van der Waals surface area (Å²) in [5.74, 6) is 0.817. The van der Waals surface area contributed by atoms with Gasteiger partial charge in [0.25, 0.3) is 0 Å². The molecule has 0 radical (unpaired) electrons. The average Bonchev–Trinajstić information content (AvgIpc) is 2.35. The highest BCUT2D eigenvalue weighted by Crippen LogP contribution is 2.30. The van der Waals surface area contributed by atoms with Crippen molar-refractivity contribution in [2.75, 3.05) is 20.1 Å². The molecule has 0 amide bonds.